The van der Waals surface area contributed by atoms with Crippen LogP contribution in [0.5, 0.6) is 0 Å². The molecule has 0 aliphatic carbocycles. The number of ether oxygens (including phenoxy) is 2. The fourth-order valence-electron chi connectivity index (χ4n) is 7.53. The van der Waals surface area contributed by atoms with Crippen LogP contribution in [0.3, 0.4) is 0 Å². The quantitative estimate of drug-likeness (QED) is 0.0479. The molecule has 0 aromatic heterocycles. The minimum Gasteiger partial charge on any atom is -0.450 e. The third-order valence-electron chi connectivity index (χ3n) is 10.6. The summed E-state index contributed by atoms with van der Waals surface area (Å²) in [5, 5.41) is 5.63. The number of carbonyl (C=O) groups is 3. The number of amides is 2. The van der Waals surface area contributed by atoms with Crippen LogP contribution in [0, 0.1) is 5.92 Å². The molecule has 0 spiro atoms. The van der Waals surface area contributed by atoms with Crippen LogP contribution < -0.4 is 10.6 Å². The Bertz CT molecular complexity index is 861. The maximum atomic E-state index is 13.1. The molecule has 0 aromatic carbocycles. The molecule has 0 saturated carbocycles. The third-order valence-corrected chi connectivity index (χ3v) is 10.6. The molecule has 0 aliphatic heterocycles. The van der Waals surface area contributed by atoms with Crippen LogP contribution in [0.4, 0.5) is 4.79 Å². The van der Waals surface area contributed by atoms with Gasteiger partial charge < -0.3 is 20.1 Å². The number of rotatable bonds is 40. The maximum Gasteiger partial charge on any atom is 0.407 e. The zero-order valence-corrected chi connectivity index (χ0v) is 36.9. The summed E-state index contributed by atoms with van der Waals surface area (Å²) in [6.45, 7) is 12.9. The molecular formula is C47H92N2O5. The lowest BCUT2D eigenvalue weighted by Gasteiger charge is -2.27. The predicted molar refractivity (Wildman–Crippen MR) is 230 cm³/mol. The first-order valence-corrected chi connectivity index (χ1v) is 23.5. The number of esters is 1. The Balaban J connectivity index is 4.31. The van der Waals surface area contributed by atoms with E-state index < -0.39 is 17.8 Å². The Labute approximate surface area is 335 Å². The Hall–Kier alpha value is -1.79. The van der Waals surface area contributed by atoms with Crippen molar-refractivity contribution in [2.75, 3.05) is 13.1 Å². The smallest absolute Gasteiger partial charge is 0.407 e. The van der Waals surface area contributed by atoms with E-state index in [9.17, 15) is 14.4 Å². The van der Waals surface area contributed by atoms with E-state index in [-0.39, 0.29) is 24.8 Å². The molecule has 7 heteroatoms. The fourth-order valence-corrected chi connectivity index (χ4v) is 7.53. The van der Waals surface area contributed by atoms with Crippen molar-refractivity contribution in [1.82, 2.24) is 10.6 Å². The highest BCUT2D eigenvalue weighted by molar-refractivity contribution is 5.84. The Morgan fingerprint density at radius 3 is 1.22 bits per heavy atom. The van der Waals surface area contributed by atoms with Gasteiger partial charge in [-0.1, -0.05) is 214 Å². The molecule has 0 rings (SSSR count). The van der Waals surface area contributed by atoms with Gasteiger partial charge in [0.25, 0.3) is 5.91 Å². The summed E-state index contributed by atoms with van der Waals surface area (Å²) in [5.41, 5.74) is -0.631. The van der Waals surface area contributed by atoms with Gasteiger partial charge in [-0.3, -0.25) is 9.59 Å². The first kappa shape index (κ1) is 52.2. The molecule has 320 valence electrons. The van der Waals surface area contributed by atoms with E-state index in [0.717, 1.165) is 38.5 Å². The fraction of sp³-hybridized carbons (Fsp3) is 0.936. The lowest BCUT2D eigenvalue weighted by atomic mass is 9.96. The second-order valence-corrected chi connectivity index (χ2v) is 17.4. The lowest BCUT2D eigenvalue weighted by molar-refractivity contribution is -0.155. The van der Waals surface area contributed by atoms with Crippen LogP contribution >= 0.6 is 0 Å². The molecule has 54 heavy (non-hydrogen) atoms. The van der Waals surface area contributed by atoms with Gasteiger partial charge in [0.2, 0.25) is 0 Å². The highest BCUT2D eigenvalue weighted by atomic mass is 16.6. The number of carbonyl (C=O) groups excluding carboxylic acids is 3. The molecule has 0 radical (unpaired) electrons. The lowest BCUT2D eigenvalue weighted by Crippen LogP contribution is -2.46. The number of alkyl carbamates (subject to hydrolysis) is 1. The monoisotopic (exact) mass is 765 g/mol. The van der Waals surface area contributed by atoms with Gasteiger partial charge in [-0.05, 0) is 39.0 Å². The van der Waals surface area contributed by atoms with Gasteiger partial charge in [-0.15, -0.1) is 0 Å². The normalized spacial score (nSPS) is 12.2. The largest absolute Gasteiger partial charge is 0.450 e. The molecule has 7 nitrogen and oxygen atoms in total. The van der Waals surface area contributed by atoms with Crippen molar-refractivity contribution in [2.45, 2.75) is 265 Å². The van der Waals surface area contributed by atoms with Crippen LogP contribution in [-0.4, -0.2) is 42.8 Å². The summed E-state index contributed by atoms with van der Waals surface area (Å²) in [7, 11) is 0. The molecule has 1 unspecified atom stereocenters. The summed E-state index contributed by atoms with van der Waals surface area (Å²) in [6, 6.07) is 0. The van der Waals surface area contributed by atoms with E-state index in [1.165, 1.54) is 167 Å². The summed E-state index contributed by atoms with van der Waals surface area (Å²) in [4.78, 5) is 38.5. The summed E-state index contributed by atoms with van der Waals surface area (Å²) < 4.78 is 11.3. The van der Waals surface area contributed by atoms with Crippen molar-refractivity contribution in [3.63, 3.8) is 0 Å². The molecule has 1 atom stereocenters. The van der Waals surface area contributed by atoms with Gasteiger partial charge in [0.15, 0.2) is 6.10 Å². The minimum absolute atomic E-state index is 0.105. The van der Waals surface area contributed by atoms with Gasteiger partial charge in [0.05, 0.1) is 6.54 Å². The van der Waals surface area contributed by atoms with Crippen LogP contribution in [0.15, 0.2) is 0 Å². The number of unbranched alkanes of at least 4 members (excludes halogenated alkanes) is 29. The van der Waals surface area contributed by atoms with Crippen molar-refractivity contribution in [1.29, 1.82) is 0 Å². The second-order valence-electron chi connectivity index (χ2n) is 17.4. The van der Waals surface area contributed by atoms with Crippen molar-refractivity contribution in [3.8, 4) is 0 Å². The molecule has 0 bridgehead atoms. The van der Waals surface area contributed by atoms with E-state index >= 15 is 0 Å². The SMILES string of the molecule is CCCCCCCCCCCCCCCCCCNC(=O)C(CNC(=O)OC(C)(C)CC(C)C)OC(=O)CCCCCCCCCCCCCCCCC. The predicted octanol–water partition coefficient (Wildman–Crippen LogP) is 14.1. The molecule has 2 amide bonds. The number of hydrogen-bond donors (Lipinski definition) is 2. The number of nitrogens with one attached hydrogen (secondary N) is 2. The van der Waals surface area contributed by atoms with Gasteiger partial charge in [-0.25, -0.2) is 4.79 Å². The molecular weight excluding hydrogens is 673 g/mol. The van der Waals surface area contributed by atoms with Crippen molar-refractivity contribution in [2.24, 2.45) is 5.92 Å². The average Bonchev–Trinajstić information content (AvgIpc) is 3.12. The number of hydrogen-bond acceptors (Lipinski definition) is 5. The Kier molecular flexibility index (Phi) is 36.8. The highest BCUT2D eigenvalue weighted by Crippen LogP contribution is 2.20. The minimum atomic E-state index is -1.07. The zero-order chi connectivity index (χ0) is 40.0. The van der Waals surface area contributed by atoms with Crippen LogP contribution in [-0.2, 0) is 19.1 Å². The van der Waals surface area contributed by atoms with Crippen molar-refractivity contribution in [3.05, 3.63) is 0 Å². The highest BCUT2D eigenvalue weighted by Gasteiger charge is 2.27. The van der Waals surface area contributed by atoms with Gasteiger partial charge in [-0.2, -0.15) is 0 Å². The van der Waals surface area contributed by atoms with Crippen molar-refractivity contribution < 1.29 is 23.9 Å². The summed E-state index contributed by atoms with van der Waals surface area (Å²) in [6.07, 6.45) is 39.1. The van der Waals surface area contributed by atoms with Gasteiger partial charge in [0.1, 0.15) is 5.60 Å². The molecule has 2 N–H and O–H groups in total. The Morgan fingerprint density at radius 1 is 0.500 bits per heavy atom. The molecule has 0 aromatic rings. The van der Waals surface area contributed by atoms with Gasteiger partial charge >= 0.3 is 12.1 Å². The molecule has 0 heterocycles. The molecule has 0 saturated heterocycles. The Morgan fingerprint density at radius 2 is 0.852 bits per heavy atom. The van der Waals surface area contributed by atoms with E-state index in [0.29, 0.717) is 12.5 Å². The van der Waals surface area contributed by atoms with E-state index in [2.05, 4.69) is 38.3 Å². The summed E-state index contributed by atoms with van der Waals surface area (Å²) in [5.74, 6) is -0.373. The van der Waals surface area contributed by atoms with Gasteiger partial charge in [0, 0.05) is 13.0 Å². The van der Waals surface area contributed by atoms with E-state index in [4.69, 9.17) is 9.47 Å². The third kappa shape index (κ3) is 37.1. The van der Waals surface area contributed by atoms with Crippen LogP contribution in [0.2, 0.25) is 0 Å². The second kappa shape index (κ2) is 38.1. The molecule has 0 fully saturated rings. The standard InChI is InChI=1S/C47H92N2O5/c1-7-9-11-13-15-17-19-21-23-25-27-29-31-33-35-37-39-48-45(51)43(41-49-46(52)54-47(5,6)40-42(3)4)53-44(50)38-36-34-32-30-28-26-24-22-20-18-16-14-12-10-8-2/h42-43H,7-41H2,1-6H3,(H,48,51)(H,49,52). The first-order valence-electron chi connectivity index (χ1n) is 23.5. The maximum absolute atomic E-state index is 13.1. The first-order chi connectivity index (χ1) is 26.1. The zero-order valence-electron chi connectivity index (χ0n) is 36.9. The van der Waals surface area contributed by atoms with E-state index in [1.807, 2.05) is 13.8 Å². The van der Waals surface area contributed by atoms with Crippen molar-refractivity contribution >= 4 is 18.0 Å². The van der Waals surface area contributed by atoms with Crippen LogP contribution in [0.1, 0.15) is 253 Å². The van der Waals surface area contributed by atoms with E-state index in [1.54, 1.807) is 0 Å². The average molecular weight is 765 g/mol. The molecule has 0 aliphatic rings. The summed E-state index contributed by atoms with van der Waals surface area (Å²) >= 11 is 0. The van der Waals surface area contributed by atoms with Crippen LogP contribution in [0.25, 0.3) is 0 Å². The topological polar surface area (TPSA) is 93.7 Å².